The molecule has 0 saturated heterocycles. The van der Waals surface area contributed by atoms with E-state index >= 15 is 0 Å². The lowest BCUT2D eigenvalue weighted by atomic mass is 10.1. The van der Waals surface area contributed by atoms with E-state index in [9.17, 15) is 0 Å². The Morgan fingerprint density at radius 2 is 1.72 bits per heavy atom. The summed E-state index contributed by atoms with van der Waals surface area (Å²) < 4.78 is 8.07. The standard InChI is InChI=1S/C23H20N4OS/c1-17-11-13-18(14-12-17)16-28-21-10-6-5-9-20(21)15-24-27-22(25-26-23(27)29)19-7-3-2-4-8-19/h2-15H,16H2,1H3,(H,26,29)/b24-15-. The molecular formula is C23H20N4OS. The van der Waals surface area contributed by atoms with Gasteiger partial charge in [-0.25, -0.2) is 5.10 Å². The summed E-state index contributed by atoms with van der Waals surface area (Å²) >= 11 is 5.35. The van der Waals surface area contributed by atoms with Gasteiger partial charge in [-0.2, -0.15) is 14.9 Å². The van der Waals surface area contributed by atoms with E-state index in [-0.39, 0.29) is 0 Å². The molecule has 0 bridgehead atoms. The first kappa shape index (κ1) is 18.8. The number of aromatic nitrogens is 3. The van der Waals surface area contributed by atoms with E-state index in [1.807, 2.05) is 54.6 Å². The van der Waals surface area contributed by atoms with Gasteiger partial charge in [0.15, 0.2) is 5.82 Å². The van der Waals surface area contributed by atoms with Crippen LogP contribution in [-0.2, 0) is 6.61 Å². The predicted molar refractivity (Wildman–Crippen MR) is 118 cm³/mol. The second-order valence-corrected chi connectivity index (χ2v) is 6.97. The van der Waals surface area contributed by atoms with Gasteiger partial charge in [-0.1, -0.05) is 72.3 Å². The van der Waals surface area contributed by atoms with Crippen LogP contribution in [0.3, 0.4) is 0 Å². The Morgan fingerprint density at radius 3 is 2.52 bits per heavy atom. The molecule has 0 aliphatic heterocycles. The third kappa shape index (κ3) is 4.50. The Balaban J connectivity index is 1.58. The molecule has 3 aromatic carbocycles. The van der Waals surface area contributed by atoms with Crippen LogP contribution in [0.15, 0.2) is 84.0 Å². The van der Waals surface area contributed by atoms with Crippen LogP contribution in [0, 0.1) is 11.7 Å². The lowest BCUT2D eigenvalue weighted by Crippen LogP contribution is -2.00. The molecule has 1 aromatic heterocycles. The highest BCUT2D eigenvalue weighted by Crippen LogP contribution is 2.20. The Bertz CT molecular complexity index is 1180. The summed E-state index contributed by atoms with van der Waals surface area (Å²) in [5.41, 5.74) is 4.14. The maximum absolute atomic E-state index is 6.03. The zero-order valence-corrected chi connectivity index (χ0v) is 16.8. The second-order valence-electron chi connectivity index (χ2n) is 6.59. The highest BCUT2D eigenvalue weighted by Gasteiger charge is 2.08. The van der Waals surface area contributed by atoms with Gasteiger partial charge in [0.05, 0.1) is 6.21 Å². The molecule has 144 valence electrons. The topological polar surface area (TPSA) is 55.2 Å². The van der Waals surface area contributed by atoms with Crippen molar-refractivity contribution < 1.29 is 4.74 Å². The third-order valence-corrected chi connectivity index (χ3v) is 4.69. The molecule has 29 heavy (non-hydrogen) atoms. The van der Waals surface area contributed by atoms with Crippen LogP contribution in [-0.4, -0.2) is 21.1 Å². The zero-order valence-electron chi connectivity index (χ0n) is 15.9. The van der Waals surface area contributed by atoms with Crippen molar-refractivity contribution in [3.63, 3.8) is 0 Å². The second kappa shape index (κ2) is 8.67. The highest BCUT2D eigenvalue weighted by atomic mass is 32.1. The number of benzene rings is 3. The number of ether oxygens (including phenoxy) is 1. The molecule has 0 fully saturated rings. The number of H-pyrrole nitrogens is 1. The molecule has 5 nitrogen and oxygen atoms in total. The van der Waals surface area contributed by atoms with Crippen LogP contribution in [0.5, 0.6) is 5.75 Å². The molecule has 0 radical (unpaired) electrons. The summed E-state index contributed by atoms with van der Waals surface area (Å²) in [6, 6.07) is 25.9. The maximum atomic E-state index is 6.03. The van der Waals surface area contributed by atoms with Crippen LogP contribution < -0.4 is 4.74 Å². The molecule has 4 rings (SSSR count). The largest absolute Gasteiger partial charge is 0.488 e. The first-order valence-electron chi connectivity index (χ1n) is 9.25. The molecule has 0 saturated carbocycles. The van der Waals surface area contributed by atoms with Crippen molar-refractivity contribution in [2.24, 2.45) is 5.10 Å². The highest BCUT2D eigenvalue weighted by molar-refractivity contribution is 7.71. The van der Waals surface area contributed by atoms with Crippen LogP contribution >= 0.6 is 12.2 Å². The van der Waals surface area contributed by atoms with Crippen molar-refractivity contribution in [2.75, 3.05) is 0 Å². The molecule has 4 aromatic rings. The van der Waals surface area contributed by atoms with E-state index < -0.39 is 0 Å². The molecule has 0 atom stereocenters. The quantitative estimate of drug-likeness (QED) is 0.349. The number of hydrogen-bond acceptors (Lipinski definition) is 4. The lowest BCUT2D eigenvalue weighted by Gasteiger charge is -2.09. The molecule has 0 spiro atoms. The monoisotopic (exact) mass is 400 g/mol. The number of hydrogen-bond donors (Lipinski definition) is 1. The van der Waals surface area contributed by atoms with E-state index in [4.69, 9.17) is 17.0 Å². The number of para-hydroxylation sites is 1. The minimum absolute atomic E-state index is 0.429. The van der Waals surface area contributed by atoms with E-state index in [1.54, 1.807) is 10.9 Å². The third-order valence-electron chi connectivity index (χ3n) is 4.43. The molecule has 1 heterocycles. The fraction of sp³-hybridized carbons (Fsp3) is 0.0870. The van der Waals surface area contributed by atoms with Gasteiger partial charge in [0.2, 0.25) is 4.77 Å². The molecule has 0 aliphatic carbocycles. The van der Waals surface area contributed by atoms with Gasteiger partial charge in [-0.15, -0.1) is 0 Å². The van der Waals surface area contributed by atoms with Gasteiger partial charge in [0.1, 0.15) is 12.4 Å². The van der Waals surface area contributed by atoms with Crippen molar-refractivity contribution in [3.8, 4) is 17.1 Å². The minimum atomic E-state index is 0.429. The smallest absolute Gasteiger partial charge is 0.216 e. The van der Waals surface area contributed by atoms with E-state index in [0.717, 1.165) is 22.4 Å². The van der Waals surface area contributed by atoms with Crippen molar-refractivity contribution in [2.45, 2.75) is 13.5 Å². The molecule has 1 N–H and O–H groups in total. The van der Waals surface area contributed by atoms with Crippen LogP contribution in [0.1, 0.15) is 16.7 Å². The maximum Gasteiger partial charge on any atom is 0.216 e. The Morgan fingerprint density at radius 1 is 1.00 bits per heavy atom. The summed E-state index contributed by atoms with van der Waals surface area (Å²) in [6.07, 6.45) is 1.74. The van der Waals surface area contributed by atoms with Crippen molar-refractivity contribution >= 4 is 18.4 Å². The van der Waals surface area contributed by atoms with E-state index in [2.05, 4.69) is 46.5 Å². The molecule has 6 heteroatoms. The van der Waals surface area contributed by atoms with Crippen molar-refractivity contribution in [1.82, 2.24) is 14.9 Å². The number of aryl methyl sites for hydroxylation is 1. The van der Waals surface area contributed by atoms with Crippen LogP contribution in [0.25, 0.3) is 11.4 Å². The first-order valence-corrected chi connectivity index (χ1v) is 9.66. The van der Waals surface area contributed by atoms with E-state index in [0.29, 0.717) is 17.2 Å². The summed E-state index contributed by atoms with van der Waals surface area (Å²) in [6.45, 7) is 2.56. The minimum Gasteiger partial charge on any atom is -0.488 e. The van der Waals surface area contributed by atoms with Crippen molar-refractivity contribution in [3.05, 3.63) is 100 Å². The van der Waals surface area contributed by atoms with Crippen molar-refractivity contribution in [1.29, 1.82) is 0 Å². The number of nitrogens with one attached hydrogen (secondary N) is 1. The molecule has 0 unspecified atom stereocenters. The Hall–Kier alpha value is -3.51. The van der Waals surface area contributed by atoms with Gasteiger partial charge >= 0.3 is 0 Å². The normalized spacial score (nSPS) is 11.1. The Kier molecular flexibility index (Phi) is 5.63. The van der Waals surface area contributed by atoms with Gasteiger partial charge < -0.3 is 4.74 Å². The SMILES string of the molecule is Cc1ccc(COc2ccccc2/C=N\n2c(-c3ccccc3)n[nH]c2=S)cc1. The lowest BCUT2D eigenvalue weighted by molar-refractivity contribution is 0.306. The average molecular weight is 401 g/mol. The van der Waals surface area contributed by atoms with Gasteiger partial charge in [0, 0.05) is 11.1 Å². The molecule has 0 aliphatic rings. The fourth-order valence-electron chi connectivity index (χ4n) is 2.86. The van der Waals surface area contributed by atoms with Gasteiger partial charge in [-0.3, -0.25) is 0 Å². The number of rotatable bonds is 6. The molecular weight excluding hydrogens is 380 g/mol. The number of nitrogens with zero attached hydrogens (tertiary/aromatic N) is 3. The van der Waals surface area contributed by atoms with Gasteiger partial charge in [-0.05, 0) is 36.8 Å². The summed E-state index contributed by atoms with van der Waals surface area (Å²) in [5, 5.41) is 11.7. The average Bonchev–Trinajstić information content (AvgIpc) is 3.13. The summed E-state index contributed by atoms with van der Waals surface area (Å²) in [7, 11) is 0. The predicted octanol–water partition coefficient (Wildman–Crippen LogP) is 5.38. The zero-order chi connectivity index (χ0) is 20.1. The van der Waals surface area contributed by atoms with Crippen LogP contribution in [0.4, 0.5) is 0 Å². The number of aromatic amines is 1. The van der Waals surface area contributed by atoms with E-state index in [1.165, 1.54) is 5.56 Å². The summed E-state index contributed by atoms with van der Waals surface area (Å²) in [4.78, 5) is 0. The van der Waals surface area contributed by atoms with Gasteiger partial charge in [0.25, 0.3) is 0 Å². The summed E-state index contributed by atoms with van der Waals surface area (Å²) in [5.74, 6) is 1.41. The van der Waals surface area contributed by atoms with Crippen LogP contribution in [0.2, 0.25) is 0 Å². The fourth-order valence-corrected chi connectivity index (χ4v) is 3.04. The molecule has 0 amide bonds. The first-order chi connectivity index (χ1) is 14.2. The Labute approximate surface area is 174 Å².